The van der Waals surface area contributed by atoms with Crippen molar-refractivity contribution in [1.29, 1.82) is 0 Å². The van der Waals surface area contributed by atoms with E-state index in [2.05, 4.69) is 47.3 Å². The first-order chi connectivity index (χ1) is 35.8. The van der Waals surface area contributed by atoms with Crippen LogP contribution in [0.1, 0.15) is 69.2 Å². The molecule has 20 heteroatoms. The number of amides is 3. The van der Waals surface area contributed by atoms with Crippen LogP contribution in [0.25, 0.3) is 11.3 Å². The standard InChI is InChI=1S/C46H52ClF2N7O5.C9H16FNO3/c1-46(2,28-48)43(54-45(59)60-3)44(58)53-40(41(57)23-50-22-36-37(47)19-32(20-38(36)49)39-6-4-5-17-51-39)18-30-10-7-29(8-11-30)9-12-31-13-16-42(52-21-31)55-24-33-14-15-34(25-55)56(33)35-26-61-27-35;1-9(2,5-10)6(8(11)13)4-7(12)14-3/h4-8,10-11,13,16-17,19-21,33-35,40-41,43,50,57H,14-15,18,22-28H2,1-3H3,(H,53,58)(H,54,59);6H,4-5H2,1-3H3,(H2,11,13)/t33?,34?,40-,41-,43+;6-/m01/s1. The number of piperazine rings is 1. The number of rotatable bonds is 20. The van der Waals surface area contributed by atoms with Crippen LogP contribution >= 0.6 is 11.6 Å². The van der Waals surface area contributed by atoms with Gasteiger partial charge >= 0.3 is 12.1 Å². The summed E-state index contributed by atoms with van der Waals surface area (Å²) in [7, 11) is 2.36. The third-order valence-corrected chi connectivity index (χ3v) is 14.4. The van der Waals surface area contributed by atoms with Crippen molar-refractivity contribution in [3.63, 3.8) is 0 Å². The number of benzene rings is 2. The third kappa shape index (κ3) is 15.4. The summed E-state index contributed by atoms with van der Waals surface area (Å²) in [6.45, 7) is 7.97. The second-order valence-corrected chi connectivity index (χ2v) is 20.9. The van der Waals surface area contributed by atoms with E-state index in [1.165, 1.54) is 39.9 Å². The van der Waals surface area contributed by atoms with E-state index in [1.54, 1.807) is 50.5 Å². The summed E-state index contributed by atoms with van der Waals surface area (Å²) in [5.74, 6) is 4.02. The Labute approximate surface area is 441 Å². The first-order valence-electron chi connectivity index (χ1n) is 24.9. The third-order valence-electron chi connectivity index (χ3n) is 14.0. The number of aromatic nitrogens is 2. The second-order valence-electron chi connectivity index (χ2n) is 20.5. The molecule has 0 spiro atoms. The zero-order valence-electron chi connectivity index (χ0n) is 43.2. The summed E-state index contributed by atoms with van der Waals surface area (Å²) in [6.07, 6.45) is 3.70. The number of hydrogen-bond donors (Lipinski definition) is 5. The number of carbonyl (C=O) groups is 4. The highest BCUT2D eigenvalue weighted by Gasteiger charge is 2.45. The highest BCUT2D eigenvalue weighted by Crippen LogP contribution is 2.36. The fraction of sp³-hybridized carbons (Fsp3) is 0.491. The number of carbonyl (C=O) groups excluding carboxylic acids is 4. The Kier molecular flexibility index (Phi) is 20.4. The molecule has 3 amide bonds. The number of nitrogens with two attached hydrogens (primary N) is 1. The number of esters is 1. The summed E-state index contributed by atoms with van der Waals surface area (Å²) < 4.78 is 56.6. The molecule has 6 atom stereocenters. The number of primary amides is 1. The molecular weight excluding hydrogens is 993 g/mol. The van der Waals surface area contributed by atoms with Gasteiger partial charge in [-0.2, -0.15) is 0 Å². The van der Waals surface area contributed by atoms with E-state index in [4.69, 9.17) is 31.8 Å². The summed E-state index contributed by atoms with van der Waals surface area (Å²) in [4.78, 5) is 61.9. The number of hydrogen-bond acceptors (Lipinski definition) is 13. The highest BCUT2D eigenvalue weighted by molar-refractivity contribution is 6.31. The van der Waals surface area contributed by atoms with E-state index in [-0.39, 0.29) is 36.5 Å². The van der Waals surface area contributed by atoms with E-state index >= 15 is 4.39 Å². The van der Waals surface area contributed by atoms with Crippen molar-refractivity contribution in [1.82, 2.24) is 30.8 Å². The van der Waals surface area contributed by atoms with Crippen LogP contribution in [0.5, 0.6) is 0 Å². The van der Waals surface area contributed by atoms with Gasteiger partial charge in [0, 0.05) is 88.8 Å². The highest BCUT2D eigenvalue weighted by atomic mass is 35.5. The molecule has 404 valence electrons. The Morgan fingerprint density at radius 1 is 0.893 bits per heavy atom. The summed E-state index contributed by atoms with van der Waals surface area (Å²) in [5.41, 5.74) is 6.45. The molecule has 16 nitrogen and oxygen atoms in total. The number of fused-ring (bicyclic) bond motifs is 2. The topological polar surface area (TPSA) is 211 Å². The van der Waals surface area contributed by atoms with Crippen molar-refractivity contribution in [2.45, 2.75) is 96.2 Å². The van der Waals surface area contributed by atoms with Crippen LogP contribution < -0.4 is 26.6 Å². The van der Waals surface area contributed by atoms with Gasteiger partial charge in [0.05, 0.1) is 77.0 Å². The SMILES string of the molecule is COC(=O)C[C@H](C(N)=O)C(C)(C)CF.COC(=O)N[C@H](C(=O)N[C@@H](Cc1ccc(C#Cc2ccc(N3CC4CCC(C3)N4C3COC3)nc2)cc1)[C@@H](O)CNCc1c(F)cc(-c2ccccn2)cc1Cl)C(C)(C)CF. The Hall–Kier alpha value is -6.30. The van der Waals surface area contributed by atoms with Crippen molar-refractivity contribution in [3.05, 3.63) is 112 Å². The first-order valence-corrected chi connectivity index (χ1v) is 25.2. The molecule has 2 bridgehead atoms. The van der Waals surface area contributed by atoms with Crippen molar-refractivity contribution in [3.8, 4) is 23.1 Å². The van der Waals surface area contributed by atoms with E-state index in [0.29, 0.717) is 29.4 Å². The number of pyridine rings is 2. The second kappa shape index (κ2) is 26.5. The average Bonchev–Trinajstić information content (AvgIpc) is 3.62. The smallest absolute Gasteiger partial charge is 0.407 e. The molecule has 3 saturated heterocycles. The number of aliphatic hydroxyl groups is 1. The molecule has 75 heavy (non-hydrogen) atoms. The fourth-order valence-electron chi connectivity index (χ4n) is 9.35. The van der Waals surface area contributed by atoms with Crippen LogP contribution in [0.4, 0.5) is 23.8 Å². The molecule has 2 aromatic heterocycles. The minimum absolute atomic E-state index is 0.0214. The van der Waals surface area contributed by atoms with Gasteiger partial charge in [0.1, 0.15) is 17.7 Å². The number of methoxy groups -OCH3 is 2. The van der Waals surface area contributed by atoms with Crippen molar-refractivity contribution in [2.24, 2.45) is 22.5 Å². The molecule has 3 aliphatic heterocycles. The zero-order valence-corrected chi connectivity index (χ0v) is 44.0. The van der Waals surface area contributed by atoms with Crippen LogP contribution in [0, 0.1) is 34.4 Å². The molecule has 2 aromatic carbocycles. The van der Waals surface area contributed by atoms with Gasteiger partial charge in [-0.25, -0.2) is 14.2 Å². The minimum Gasteiger partial charge on any atom is -0.469 e. The van der Waals surface area contributed by atoms with Crippen LogP contribution in [0.15, 0.2) is 79.1 Å². The lowest BCUT2D eigenvalue weighted by Crippen LogP contribution is -2.62. The maximum absolute atomic E-state index is 15.3. The van der Waals surface area contributed by atoms with Crippen LogP contribution in [0.3, 0.4) is 0 Å². The lowest BCUT2D eigenvalue weighted by atomic mass is 9.77. The molecule has 5 heterocycles. The summed E-state index contributed by atoms with van der Waals surface area (Å²) >= 11 is 6.50. The normalized spacial score (nSPS) is 18.1. The molecule has 3 fully saturated rings. The van der Waals surface area contributed by atoms with Gasteiger partial charge in [-0.15, -0.1) is 0 Å². The average molecular weight is 1060 g/mol. The summed E-state index contributed by atoms with van der Waals surface area (Å²) in [5, 5.41) is 20.0. The molecule has 4 aromatic rings. The summed E-state index contributed by atoms with van der Waals surface area (Å²) in [6, 6.07) is 19.1. The Morgan fingerprint density at radius 3 is 2.11 bits per heavy atom. The molecule has 2 unspecified atom stereocenters. The van der Waals surface area contributed by atoms with E-state index in [1.807, 2.05) is 36.4 Å². The van der Waals surface area contributed by atoms with E-state index in [0.717, 1.165) is 55.9 Å². The van der Waals surface area contributed by atoms with Crippen LogP contribution in [-0.4, -0.2) is 141 Å². The number of nitrogens with one attached hydrogen (secondary N) is 3. The molecule has 0 aliphatic carbocycles. The van der Waals surface area contributed by atoms with Crippen molar-refractivity contribution >= 4 is 41.3 Å². The largest absolute Gasteiger partial charge is 0.469 e. The van der Waals surface area contributed by atoms with Gasteiger partial charge < -0.3 is 45.9 Å². The van der Waals surface area contributed by atoms with Crippen molar-refractivity contribution in [2.75, 3.05) is 65.3 Å². The van der Waals surface area contributed by atoms with E-state index < -0.39 is 78.0 Å². The van der Waals surface area contributed by atoms with Gasteiger partial charge in [0.15, 0.2) is 0 Å². The minimum atomic E-state index is -1.33. The number of alkyl halides is 2. The number of aliphatic hydroxyl groups excluding tert-OH is 1. The van der Waals surface area contributed by atoms with Gasteiger partial charge in [0.2, 0.25) is 11.8 Å². The lowest BCUT2D eigenvalue weighted by molar-refractivity contribution is -0.146. The first kappa shape index (κ1) is 58.0. The molecule has 6 N–H and O–H groups in total. The Morgan fingerprint density at radius 2 is 1.56 bits per heavy atom. The number of alkyl carbamates (subject to hydrolysis) is 1. The predicted octanol–water partition coefficient (Wildman–Crippen LogP) is 5.93. The number of halogens is 4. The van der Waals surface area contributed by atoms with Gasteiger partial charge in [0.25, 0.3) is 0 Å². The maximum Gasteiger partial charge on any atom is 0.407 e. The quantitative estimate of drug-likeness (QED) is 0.0514. The van der Waals surface area contributed by atoms with Crippen LogP contribution in [0.2, 0.25) is 5.02 Å². The molecule has 0 saturated carbocycles. The molecular formula is C55H68ClF3N8O8. The number of anilines is 1. The lowest BCUT2D eigenvalue weighted by Gasteiger charge is -2.47. The zero-order chi connectivity index (χ0) is 54.5. The Bertz CT molecular complexity index is 2600. The molecule has 7 rings (SSSR count). The fourth-order valence-corrected chi connectivity index (χ4v) is 9.62. The van der Waals surface area contributed by atoms with Gasteiger partial charge in [-0.3, -0.25) is 33.0 Å². The molecule has 3 aliphatic rings. The predicted molar refractivity (Wildman–Crippen MR) is 278 cm³/mol. The van der Waals surface area contributed by atoms with Gasteiger partial charge in [-0.05, 0) is 73.4 Å². The number of ether oxygens (including phenoxy) is 3. The maximum atomic E-state index is 15.3. The monoisotopic (exact) mass is 1060 g/mol. The van der Waals surface area contributed by atoms with Crippen molar-refractivity contribution < 1.29 is 51.7 Å². The Balaban J connectivity index is 0.000000571. The number of nitrogens with zero attached hydrogens (tertiary/aromatic N) is 4. The van der Waals surface area contributed by atoms with Crippen LogP contribution in [-0.2, 0) is 41.6 Å². The molecule has 0 radical (unpaired) electrons. The van der Waals surface area contributed by atoms with E-state index in [9.17, 15) is 33.1 Å². The van der Waals surface area contributed by atoms with Gasteiger partial charge in [-0.1, -0.05) is 69.3 Å².